The van der Waals surface area contributed by atoms with Gasteiger partial charge in [-0.3, -0.25) is 9.59 Å². The molecule has 1 saturated heterocycles. The van der Waals surface area contributed by atoms with Gasteiger partial charge in [-0.25, -0.2) is 0 Å². The maximum Gasteiger partial charge on any atom is 0.254 e. The van der Waals surface area contributed by atoms with E-state index >= 15 is 0 Å². The lowest BCUT2D eigenvalue weighted by Gasteiger charge is -2.33. The molecular formula is C18H28N2O3. The van der Waals surface area contributed by atoms with Gasteiger partial charge in [-0.1, -0.05) is 20.8 Å². The van der Waals surface area contributed by atoms with E-state index in [-0.39, 0.29) is 23.0 Å². The quantitative estimate of drug-likeness (QED) is 0.860. The van der Waals surface area contributed by atoms with E-state index in [2.05, 4.69) is 20.8 Å². The number of hydrogen-bond acceptors (Lipinski definition) is 3. The SMILES string of the molecule is Cc1cc(OC2CCN(C(=O)CC(C)(C)C)CC2)cc(=O)n1C. The van der Waals surface area contributed by atoms with Crippen LogP contribution in [0, 0.1) is 12.3 Å². The van der Waals surface area contributed by atoms with Gasteiger partial charge in [0.15, 0.2) is 0 Å². The second-order valence-corrected chi connectivity index (χ2v) is 7.67. The Kier molecular flexibility index (Phi) is 5.17. The van der Waals surface area contributed by atoms with Gasteiger partial charge >= 0.3 is 0 Å². The highest BCUT2D eigenvalue weighted by atomic mass is 16.5. The van der Waals surface area contributed by atoms with E-state index in [0.717, 1.165) is 31.6 Å². The molecule has 0 aliphatic carbocycles. The van der Waals surface area contributed by atoms with Crippen molar-refractivity contribution in [2.24, 2.45) is 12.5 Å². The fraction of sp³-hybridized carbons (Fsp3) is 0.667. The van der Waals surface area contributed by atoms with Crippen LogP contribution in [0.25, 0.3) is 0 Å². The summed E-state index contributed by atoms with van der Waals surface area (Å²) in [7, 11) is 1.75. The Hall–Kier alpha value is -1.78. The zero-order valence-electron chi connectivity index (χ0n) is 14.9. The van der Waals surface area contributed by atoms with Crippen LogP contribution < -0.4 is 10.3 Å². The molecule has 23 heavy (non-hydrogen) atoms. The zero-order valence-corrected chi connectivity index (χ0v) is 14.9. The van der Waals surface area contributed by atoms with E-state index in [1.807, 2.05) is 17.9 Å². The summed E-state index contributed by atoms with van der Waals surface area (Å²) < 4.78 is 7.55. The lowest BCUT2D eigenvalue weighted by molar-refractivity contribution is -0.134. The van der Waals surface area contributed by atoms with Crippen molar-refractivity contribution in [1.82, 2.24) is 9.47 Å². The highest BCUT2D eigenvalue weighted by molar-refractivity contribution is 5.76. The minimum absolute atomic E-state index is 0.0199. The Morgan fingerprint density at radius 2 is 1.87 bits per heavy atom. The summed E-state index contributed by atoms with van der Waals surface area (Å²) in [6.07, 6.45) is 2.26. The van der Waals surface area contributed by atoms with Gasteiger partial charge in [0.05, 0.1) is 0 Å². The molecule has 5 nitrogen and oxygen atoms in total. The molecule has 2 heterocycles. The number of carbonyl (C=O) groups excluding carboxylic acids is 1. The molecule has 1 aliphatic rings. The van der Waals surface area contributed by atoms with Crippen LogP contribution in [0.1, 0.15) is 45.7 Å². The van der Waals surface area contributed by atoms with Crippen molar-refractivity contribution in [3.05, 3.63) is 28.2 Å². The number of piperidine rings is 1. The number of nitrogens with zero attached hydrogens (tertiary/aromatic N) is 2. The van der Waals surface area contributed by atoms with Gasteiger partial charge in [0.25, 0.3) is 5.56 Å². The number of ether oxygens (including phenoxy) is 1. The average Bonchev–Trinajstić information content (AvgIpc) is 2.43. The summed E-state index contributed by atoms with van der Waals surface area (Å²) in [4.78, 5) is 26.0. The molecule has 1 amide bonds. The number of likely N-dealkylation sites (tertiary alicyclic amines) is 1. The highest BCUT2D eigenvalue weighted by Gasteiger charge is 2.26. The van der Waals surface area contributed by atoms with Crippen molar-refractivity contribution in [2.45, 2.75) is 53.1 Å². The maximum absolute atomic E-state index is 12.2. The number of aryl methyl sites for hydroxylation is 1. The van der Waals surface area contributed by atoms with Gasteiger partial charge in [-0.2, -0.15) is 0 Å². The first-order valence-electron chi connectivity index (χ1n) is 8.28. The Morgan fingerprint density at radius 1 is 1.26 bits per heavy atom. The van der Waals surface area contributed by atoms with Crippen molar-refractivity contribution in [1.29, 1.82) is 0 Å². The molecule has 0 aromatic carbocycles. The molecule has 1 aromatic rings. The summed E-state index contributed by atoms with van der Waals surface area (Å²) in [5.41, 5.74) is 0.842. The van der Waals surface area contributed by atoms with Crippen molar-refractivity contribution < 1.29 is 9.53 Å². The molecule has 1 aliphatic heterocycles. The van der Waals surface area contributed by atoms with Crippen LogP contribution in [0.2, 0.25) is 0 Å². The second-order valence-electron chi connectivity index (χ2n) is 7.67. The van der Waals surface area contributed by atoms with Crippen LogP contribution >= 0.6 is 0 Å². The summed E-state index contributed by atoms with van der Waals surface area (Å²) in [6, 6.07) is 3.42. The molecule has 0 saturated carbocycles. The van der Waals surface area contributed by atoms with E-state index in [1.165, 1.54) is 6.07 Å². The Balaban J connectivity index is 1.90. The first-order valence-corrected chi connectivity index (χ1v) is 8.28. The number of carbonyl (C=O) groups is 1. The molecule has 0 atom stereocenters. The number of hydrogen-bond donors (Lipinski definition) is 0. The van der Waals surface area contributed by atoms with E-state index in [9.17, 15) is 9.59 Å². The molecule has 128 valence electrons. The molecule has 0 radical (unpaired) electrons. The number of pyridine rings is 1. The third-order valence-electron chi connectivity index (χ3n) is 4.26. The fourth-order valence-electron chi connectivity index (χ4n) is 2.79. The first kappa shape index (κ1) is 17.6. The third kappa shape index (κ3) is 4.85. The van der Waals surface area contributed by atoms with E-state index < -0.39 is 0 Å². The summed E-state index contributed by atoms with van der Waals surface area (Å²) >= 11 is 0. The predicted molar refractivity (Wildman–Crippen MR) is 90.7 cm³/mol. The van der Waals surface area contributed by atoms with Crippen molar-refractivity contribution in [3.63, 3.8) is 0 Å². The summed E-state index contributed by atoms with van der Waals surface area (Å²) in [5, 5.41) is 0. The molecule has 0 unspecified atom stereocenters. The Morgan fingerprint density at radius 3 is 2.39 bits per heavy atom. The Bertz CT molecular complexity index is 620. The molecular weight excluding hydrogens is 292 g/mol. The average molecular weight is 320 g/mol. The standard InChI is InChI=1S/C18H28N2O3/c1-13-10-15(11-16(21)19(13)5)23-14-6-8-20(9-7-14)17(22)12-18(2,3)4/h10-11,14H,6-9,12H2,1-5H3. The van der Waals surface area contributed by atoms with Crippen LogP contribution in [0.3, 0.4) is 0 Å². The normalized spacial score (nSPS) is 16.5. The van der Waals surface area contributed by atoms with Gasteiger partial charge in [-0.05, 0) is 18.4 Å². The van der Waals surface area contributed by atoms with Crippen LogP contribution in [0.5, 0.6) is 5.75 Å². The van der Waals surface area contributed by atoms with Crippen molar-refractivity contribution in [2.75, 3.05) is 13.1 Å². The molecule has 2 rings (SSSR count). The highest BCUT2D eigenvalue weighted by Crippen LogP contribution is 2.23. The molecule has 1 fully saturated rings. The zero-order chi connectivity index (χ0) is 17.2. The number of rotatable bonds is 3. The topological polar surface area (TPSA) is 51.5 Å². The minimum atomic E-state index is -0.0576. The monoisotopic (exact) mass is 320 g/mol. The van der Waals surface area contributed by atoms with Crippen molar-refractivity contribution in [3.8, 4) is 5.75 Å². The summed E-state index contributed by atoms with van der Waals surface area (Å²) in [6.45, 7) is 9.59. The minimum Gasteiger partial charge on any atom is -0.490 e. The largest absolute Gasteiger partial charge is 0.490 e. The van der Waals surface area contributed by atoms with E-state index in [4.69, 9.17) is 4.74 Å². The predicted octanol–water partition coefficient (Wildman–Crippen LogP) is 2.50. The first-order chi connectivity index (χ1) is 10.7. The van der Waals surface area contributed by atoms with E-state index in [0.29, 0.717) is 12.2 Å². The van der Waals surface area contributed by atoms with Crippen molar-refractivity contribution >= 4 is 5.91 Å². The second kappa shape index (κ2) is 6.77. The number of amides is 1. The molecule has 0 bridgehead atoms. The lowest BCUT2D eigenvalue weighted by Crippen LogP contribution is -2.42. The van der Waals surface area contributed by atoms with Crippen LogP contribution in [-0.2, 0) is 11.8 Å². The van der Waals surface area contributed by atoms with Gasteiger partial charge in [-0.15, -0.1) is 0 Å². The fourth-order valence-corrected chi connectivity index (χ4v) is 2.79. The van der Waals surface area contributed by atoms with Crippen LogP contribution in [0.15, 0.2) is 16.9 Å². The lowest BCUT2D eigenvalue weighted by atomic mass is 9.91. The molecule has 5 heteroatoms. The van der Waals surface area contributed by atoms with E-state index in [1.54, 1.807) is 11.6 Å². The number of aromatic nitrogens is 1. The molecule has 0 N–H and O–H groups in total. The van der Waals surface area contributed by atoms with Gasteiger partial charge in [0.2, 0.25) is 5.91 Å². The third-order valence-corrected chi connectivity index (χ3v) is 4.26. The van der Waals surface area contributed by atoms with Crippen LogP contribution in [-0.4, -0.2) is 34.6 Å². The van der Waals surface area contributed by atoms with Gasteiger partial charge < -0.3 is 14.2 Å². The smallest absolute Gasteiger partial charge is 0.254 e. The molecule has 0 spiro atoms. The Labute approximate surface area is 138 Å². The van der Waals surface area contributed by atoms with Crippen LogP contribution in [0.4, 0.5) is 0 Å². The maximum atomic E-state index is 12.2. The van der Waals surface area contributed by atoms with Gasteiger partial charge in [0, 0.05) is 51.2 Å². The summed E-state index contributed by atoms with van der Waals surface area (Å²) in [5.74, 6) is 0.852. The van der Waals surface area contributed by atoms with Gasteiger partial charge in [0.1, 0.15) is 11.9 Å². The molecule has 1 aromatic heterocycles.